The summed E-state index contributed by atoms with van der Waals surface area (Å²) in [6.07, 6.45) is 1.19. The van der Waals surface area contributed by atoms with E-state index < -0.39 is 10.0 Å². The van der Waals surface area contributed by atoms with Gasteiger partial charge >= 0.3 is 0 Å². The Morgan fingerprint density at radius 3 is 2.68 bits per heavy atom. The summed E-state index contributed by atoms with van der Waals surface area (Å²) in [6, 6.07) is 11.6. The lowest BCUT2D eigenvalue weighted by atomic mass is 10.1. The molecule has 3 rings (SSSR count). The summed E-state index contributed by atoms with van der Waals surface area (Å²) in [5.74, 6) is 2.20. The number of nitrogens with one attached hydrogen (secondary N) is 2. The normalized spacial score (nSPS) is 11.6. The van der Waals surface area contributed by atoms with E-state index in [4.69, 9.17) is 4.74 Å². The summed E-state index contributed by atoms with van der Waals surface area (Å²) >= 11 is 0. The topological polar surface area (TPSA) is 111 Å². The highest BCUT2D eigenvalue weighted by molar-refractivity contribution is 7.89. The summed E-state index contributed by atoms with van der Waals surface area (Å²) in [4.78, 5) is 0. The summed E-state index contributed by atoms with van der Waals surface area (Å²) in [5, 5.41) is 16.0. The molecule has 1 aromatic carbocycles. The molecule has 10 heteroatoms. The number of hydrogen-bond acceptors (Lipinski definition) is 7. The molecule has 150 valence electrons. The fraction of sp³-hybridized carbons (Fsp3) is 0.389. The Labute approximate surface area is 164 Å². The van der Waals surface area contributed by atoms with Crippen LogP contribution in [0.25, 0.3) is 5.65 Å². The number of aromatic nitrogens is 4. The second-order valence-corrected chi connectivity index (χ2v) is 8.24. The highest BCUT2D eigenvalue weighted by atomic mass is 32.2. The standard InChI is InChI=1S/C18H24N6O3S/c1-3-28(25,26)20-13-11-18-22-21-17-9-8-16(23-24(17)18)19-12-10-14-6-4-5-7-15(14)27-2/h4-9,20H,3,10-13H2,1-2H3,(H,19,23). The third-order valence-electron chi connectivity index (χ3n) is 4.27. The van der Waals surface area contributed by atoms with Gasteiger partial charge in [0.15, 0.2) is 11.5 Å². The molecule has 2 heterocycles. The molecule has 0 saturated heterocycles. The number of rotatable bonds is 10. The van der Waals surface area contributed by atoms with Crippen molar-refractivity contribution in [1.82, 2.24) is 24.5 Å². The van der Waals surface area contributed by atoms with Crippen LogP contribution in [0.5, 0.6) is 5.75 Å². The summed E-state index contributed by atoms with van der Waals surface area (Å²) in [5.41, 5.74) is 1.73. The first-order valence-electron chi connectivity index (χ1n) is 9.07. The molecule has 2 aromatic heterocycles. The molecule has 0 fully saturated rings. The monoisotopic (exact) mass is 404 g/mol. The number of nitrogens with zero attached hydrogens (tertiary/aromatic N) is 4. The lowest BCUT2D eigenvalue weighted by Gasteiger charge is -2.09. The zero-order valence-electron chi connectivity index (χ0n) is 15.9. The molecule has 0 atom stereocenters. The van der Waals surface area contributed by atoms with Crippen molar-refractivity contribution in [1.29, 1.82) is 0 Å². The molecule has 28 heavy (non-hydrogen) atoms. The van der Waals surface area contributed by atoms with Crippen LogP contribution >= 0.6 is 0 Å². The van der Waals surface area contributed by atoms with Crippen molar-refractivity contribution in [2.24, 2.45) is 0 Å². The number of ether oxygens (including phenoxy) is 1. The molecule has 0 unspecified atom stereocenters. The van der Waals surface area contributed by atoms with Gasteiger partial charge in [-0.3, -0.25) is 0 Å². The molecule has 0 aliphatic rings. The van der Waals surface area contributed by atoms with Crippen molar-refractivity contribution in [3.8, 4) is 5.75 Å². The zero-order valence-corrected chi connectivity index (χ0v) is 16.7. The van der Waals surface area contributed by atoms with Crippen LogP contribution in [0.2, 0.25) is 0 Å². The predicted molar refractivity (Wildman–Crippen MR) is 107 cm³/mol. The minimum Gasteiger partial charge on any atom is -0.496 e. The zero-order chi connectivity index (χ0) is 20.0. The highest BCUT2D eigenvalue weighted by Gasteiger charge is 2.10. The lowest BCUT2D eigenvalue weighted by molar-refractivity contribution is 0.410. The molecule has 0 saturated carbocycles. The molecule has 0 aliphatic heterocycles. The van der Waals surface area contributed by atoms with Crippen molar-refractivity contribution in [3.63, 3.8) is 0 Å². The van der Waals surface area contributed by atoms with E-state index in [2.05, 4.69) is 25.3 Å². The van der Waals surface area contributed by atoms with Crippen LogP contribution in [0.3, 0.4) is 0 Å². The highest BCUT2D eigenvalue weighted by Crippen LogP contribution is 2.17. The van der Waals surface area contributed by atoms with E-state index in [0.717, 1.165) is 17.7 Å². The molecule has 0 aliphatic carbocycles. The smallest absolute Gasteiger partial charge is 0.211 e. The number of benzene rings is 1. The van der Waals surface area contributed by atoms with Gasteiger partial charge in [0.1, 0.15) is 11.6 Å². The van der Waals surface area contributed by atoms with Crippen LogP contribution < -0.4 is 14.8 Å². The van der Waals surface area contributed by atoms with Crippen molar-refractivity contribution in [3.05, 3.63) is 47.8 Å². The van der Waals surface area contributed by atoms with Gasteiger partial charge in [-0.1, -0.05) is 18.2 Å². The molecule has 0 radical (unpaired) electrons. The summed E-state index contributed by atoms with van der Waals surface area (Å²) < 4.78 is 32.6. The van der Waals surface area contributed by atoms with Crippen LogP contribution in [-0.2, 0) is 22.9 Å². The van der Waals surface area contributed by atoms with Gasteiger partial charge in [-0.05, 0) is 37.1 Å². The fourth-order valence-electron chi connectivity index (χ4n) is 2.74. The Hall–Kier alpha value is -2.72. The number of hydrogen-bond donors (Lipinski definition) is 2. The SMILES string of the molecule is CCS(=O)(=O)NCCc1nnc2ccc(NCCc3ccccc3OC)nn12. The van der Waals surface area contributed by atoms with Crippen LogP contribution in [0.1, 0.15) is 18.3 Å². The van der Waals surface area contributed by atoms with Crippen LogP contribution in [0.15, 0.2) is 36.4 Å². The van der Waals surface area contributed by atoms with Crippen molar-refractivity contribution >= 4 is 21.5 Å². The number of fused-ring (bicyclic) bond motifs is 1. The number of para-hydroxylation sites is 1. The van der Waals surface area contributed by atoms with E-state index in [1.165, 1.54) is 0 Å². The molecule has 2 N–H and O–H groups in total. The molecule has 0 spiro atoms. The van der Waals surface area contributed by atoms with Crippen molar-refractivity contribution in [2.75, 3.05) is 31.3 Å². The minimum atomic E-state index is -3.23. The minimum absolute atomic E-state index is 0.0477. The molecular formula is C18H24N6O3S. The third-order valence-corrected chi connectivity index (χ3v) is 5.68. The maximum atomic E-state index is 11.5. The van der Waals surface area contributed by atoms with Crippen molar-refractivity contribution < 1.29 is 13.2 Å². The lowest BCUT2D eigenvalue weighted by Crippen LogP contribution is -2.27. The average molecular weight is 404 g/mol. The van der Waals surface area contributed by atoms with Crippen LogP contribution in [-0.4, -0.2) is 54.2 Å². The maximum absolute atomic E-state index is 11.5. The Morgan fingerprint density at radius 2 is 1.89 bits per heavy atom. The average Bonchev–Trinajstić information content (AvgIpc) is 3.10. The second-order valence-electron chi connectivity index (χ2n) is 6.14. The van der Waals surface area contributed by atoms with E-state index in [-0.39, 0.29) is 12.3 Å². The first-order chi connectivity index (χ1) is 13.5. The molecular weight excluding hydrogens is 380 g/mol. The molecule has 3 aromatic rings. The second kappa shape index (κ2) is 8.98. The predicted octanol–water partition coefficient (Wildman–Crippen LogP) is 1.27. The van der Waals surface area contributed by atoms with E-state index >= 15 is 0 Å². The number of sulfonamides is 1. The number of anilines is 1. The Kier molecular flexibility index (Phi) is 6.42. The molecule has 0 amide bonds. The van der Waals surface area contributed by atoms with Gasteiger partial charge in [-0.25, -0.2) is 13.1 Å². The van der Waals surface area contributed by atoms with Gasteiger partial charge in [-0.15, -0.1) is 15.3 Å². The number of methoxy groups -OCH3 is 1. The van der Waals surface area contributed by atoms with Gasteiger partial charge in [-0.2, -0.15) is 4.52 Å². The Balaban J connectivity index is 1.63. The van der Waals surface area contributed by atoms with Gasteiger partial charge in [0, 0.05) is 19.5 Å². The molecule has 0 bridgehead atoms. The van der Waals surface area contributed by atoms with Crippen LogP contribution in [0, 0.1) is 0 Å². The fourth-order valence-corrected chi connectivity index (χ4v) is 3.36. The van der Waals surface area contributed by atoms with E-state index in [1.54, 1.807) is 18.5 Å². The largest absolute Gasteiger partial charge is 0.496 e. The quantitative estimate of drug-likeness (QED) is 0.523. The van der Waals surface area contributed by atoms with E-state index in [0.29, 0.717) is 30.3 Å². The van der Waals surface area contributed by atoms with Crippen LogP contribution in [0.4, 0.5) is 5.82 Å². The maximum Gasteiger partial charge on any atom is 0.211 e. The first kappa shape index (κ1) is 20.0. The molecule has 9 nitrogen and oxygen atoms in total. The van der Waals surface area contributed by atoms with Gasteiger partial charge in [0.2, 0.25) is 10.0 Å². The van der Waals surface area contributed by atoms with Gasteiger partial charge in [0.05, 0.1) is 12.9 Å². The van der Waals surface area contributed by atoms with Gasteiger partial charge < -0.3 is 10.1 Å². The first-order valence-corrected chi connectivity index (χ1v) is 10.7. The Morgan fingerprint density at radius 1 is 1.07 bits per heavy atom. The third kappa shape index (κ3) is 4.96. The van der Waals surface area contributed by atoms with E-state index in [9.17, 15) is 8.42 Å². The van der Waals surface area contributed by atoms with Gasteiger partial charge in [0.25, 0.3) is 0 Å². The van der Waals surface area contributed by atoms with E-state index in [1.807, 2.05) is 36.4 Å². The summed E-state index contributed by atoms with van der Waals surface area (Å²) in [7, 11) is -1.57. The van der Waals surface area contributed by atoms with Crippen molar-refractivity contribution in [2.45, 2.75) is 19.8 Å². The summed E-state index contributed by atoms with van der Waals surface area (Å²) in [6.45, 7) is 2.54. The Bertz CT molecular complexity index is 1030.